The summed E-state index contributed by atoms with van der Waals surface area (Å²) in [6.45, 7) is 15.6. The van der Waals surface area contributed by atoms with Crippen molar-refractivity contribution in [1.29, 1.82) is 0 Å². The summed E-state index contributed by atoms with van der Waals surface area (Å²) >= 11 is 0. The lowest BCUT2D eigenvalue weighted by molar-refractivity contribution is -0.120. The number of morpholine rings is 1. The summed E-state index contributed by atoms with van der Waals surface area (Å²) < 4.78 is 19.1. The number of aromatic nitrogens is 1. The molecule has 9 heteroatoms. The van der Waals surface area contributed by atoms with Crippen LogP contribution in [0.4, 0.5) is 10.1 Å². The second kappa shape index (κ2) is 13.0. The van der Waals surface area contributed by atoms with Crippen molar-refractivity contribution < 1.29 is 19.0 Å². The van der Waals surface area contributed by atoms with Crippen LogP contribution in [-0.4, -0.2) is 96.9 Å². The molecule has 0 aliphatic carbocycles. The van der Waals surface area contributed by atoms with Gasteiger partial charge in [-0.2, -0.15) is 0 Å². The standard InChI is InChI=1S/C31H46FN5O3/c1-21-16-37(26(15-33-21)17-36-11-12-40-20-22(36)2)18-29(39)35(6)28-14-24(13-23-7-9-25(32)10-8-23)27(19-38)34-30(28)31(3,4)5/h7-10,14,21-22,26,33,38H,11-13,15-20H2,1-6H3/t21-,22-,26-/m1/s1. The van der Waals surface area contributed by atoms with Gasteiger partial charge in [-0.3, -0.25) is 19.6 Å². The largest absolute Gasteiger partial charge is 0.390 e. The average molecular weight is 556 g/mol. The molecule has 2 fully saturated rings. The summed E-state index contributed by atoms with van der Waals surface area (Å²) in [4.78, 5) is 25.3. The van der Waals surface area contributed by atoms with Crippen molar-refractivity contribution in [3.63, 3.8) is 0 Å². The van der Waals surface area contributed by atoms with Crippen LogP contribution < -0.4 is 10.2 Å². The minimum Gasteiger partial charge on any atom is -0.390 e. The number of nitrogens with one attached hydrogen (secondary N) is 1. The zero-order chi connectivity index (χ0) is 29.0. The normalized spacial score (nSPS) is 22.9. The molecule has 220 valence electrons. The first-order valence-corrected chi connectivity index (χ1v) is 14.4. The van der Waals surface area contributed by atoms with Gasteiger partial charge in [-0.05, 0) is 49.6 Å². The molecule has 3 atom stereocenters. The number of pyridine rings is 1. The van der Waals surface area contributed by atoms with E-state index in [1.807, 2.05) is 13.1 Å². The monoisotopic (exact) mass is 555 g/mol. The SMILES string of the molecule is C[C@@H]1CN(CC(=O)N(C)c2cc(Cc3ccc(F)cc3)c(CO)nc2C(C)(C)C)[C@@H](CN2CCOC[C@H]2C)CN1. The molecule has 4 rings (SSSR count). The van der Waals surface area contributed by atoms with Gasteiger partial charge in [-0.1, -0.05) is 32.9 Å². The highest BCUT2D eigenvalue weighted by Crippen LogP contribution is 2.33. The number of benzene rings is 1. The Morgan fingerprint density at radius 1 is 1.23 bits per heavy atom. The molecule has 0 unspecified atom stereocenters. The number of amides is 1. The van der Waals surface area contributed by atoms with Crippen molar-refractivity contribution in [2.75, 3.05) is 57.9 Å². The quantitative estimate of drug-likeness (QED) is 0.519. The number of rotatable bonds is 8. The summed E-state index contributed by atoms with van der Waals surface area (Å²) in [5.41, 5.74) is 3.48. The van der Waals surface area contributed by atoms with E-state index >= 15 is 0 Å². The minimum atomic E-state index is -0.346. The third kappa shape index (κ3) is 7.44. The van der Waals surface area contributed by atoms with Gasteiger partial charge in [0.05, 0.1) is 43.4 Å². The van der Waals surface area contributed by atoms with Crippen LogP contribution in [0.1, 0.15) is 57.1 Å². The molecule has 1 amide bonds. The molecule has 2 aliphatic rings. The molecule has 2 saturated heterocycles. The van der Waals surface area contributed by atoms with Gasteiger partial charge in [-0.15, -0.1) is 0 Å². The second-order valence-electron chi connectivity index (χ2n) is 12.4. The number of aliphatic hydroxyl groups excluding tert-OH is 1. The molecule has 0 spiro atoms. The van der Waals surface area contributed by atoms with E-state index in [0.717, 1.165) is 61.9 Å². The number of piperazine rings is 1. The molecule has 40 heavy (non-hydrogen) atoms. The number of likely N-dealkylation sites (N-methyl/N-ethyl adjacent to an activating group) is 1. The van der Waals surface area contributed by atoms with Gasteiger partial charge in [0.1, 0.15) is 5.82 Å². The lowest BCUT2D eigenvalue weighted by atomic mass is 9.88. The van der Waals surface area contributed by atoms with Gasteiger partial charge in [-0.25, -0.2) is 4.39 Å². The summed E-state index contributed by atoms with van der Waals surface area (Å²) in [6, 6.07) is 9.21. The van der Waals surface area contributed by atoms with Crippen molar-refractivity contribution in [3.8, 4) is 0 Å². The first-order valence-electron chi connectivity index (χ1n) is 14.4. The Labute approximate surface area is 238 Å². The van der Waals surface area contributed by atoms with Gasteiger partial charge < -0.3 is 20.1 Å². The Morgan fingerprint density at radius 3 is 2.60 bits per heavy atom. The molecular formula is C31H46FN5O3. The third-order valence-electron chi connectivity index (χ3n) is 8.09. The van der Waals surface area contributed by atoms with Crippen LogP contribution in [0, 0.1) is 5.82 Å². The maximum absolute atomic E-state index is 13.9. The minimum absolute atomic E-state index is 0.00547. The van der Waals surface area contributed by atoms with Crippen LogP contribution in [0.15, 0.2) is 30.3 Å². The second-order valence-corrected chi connectivity index (χ2v) is 12.4. The fourth-order valence-electron chi connectivity index (χ4n) is 5.62. The molecule has 2 N–H and O–H groups in total. The smallest absolute Gasteiger partial charge is 0.240 e. The van der Waals surface area contributed by atoms with Crippen LogP contribution in [-0.2, 0) is 28.0 Å². The Kier molecular flexibility index (Phi) is 9.95. The van der Waals surface area contributed by atoms with Crippen molar-refractivity contribution in [3.05, 3.63) is 58.7 Å². The molecule has 0 bridgehead atoms. The first kappa shape index (κ1) is 30.5. The van der Waals surface area contributed by atoms with E-state index in [1.54, 1.807) is 17.0 Å². The number of hydrogen-bond donors (Lipinski definition) is 2. The Morgan fingerprint density at radius 2 is 1.95 bits per heavy atom. The maximum atomic E-state index is 13.9. The van der Waals surface area contributed by atoms with E-state index in [0.29, 0.717) is 30.7 Å². The average Bonchev–Trinajstić information content (AvgIpc) is 2.91. The lowest BCUT2D eigenvalue weighted by Crippen LogP contribution is -2.62. The molecule has 0 radical (unpaired) electrons. The van der Waals surface area contributed by atoms with Crippen LogP contribution in [0.25, 0.3) is 0 Å². The highest BCUT2D eigenvalue weighted by Gasteiger charge is 2.33. The van der Waals surface area contributed by atoms with E-state index in [2.05, 4.69) is 49.7 Å². The fraction of sp³-hybridized carbons (Fsp3) is 0.613. The predicted molar refractivity (Wildman–Crippen MR) is 156 cm³/mol. The van der Waals surface area contributed by atoms with E-state index in [9.17, 15) is 14.3 Å². The summed E-state index contributed by atoms with van der Waals surface area (Å²) in [7, 11) is 1.82. The molecule has 2 aromatic rings. The third-order valence-corrected chi connectivity index (χ3v) is 8.09. The number of carbonyl (C=O) groups excluding carboxylic acids is 1. The van der Waals surface area contributed by atoms with E-state index in [4.69, 9.17) is 9.72 Å². The molecule has 3 heterocycles. The predicted octanol–water partition coefficient (Wildman–Crippen LogP) is 2.95. The Balaban J connectivity index is 1.59. The van der Waals surface area contributed by atoms with Gasteiger partial charge in [0.25, 0.3) is 0 Å². The van der Waals surface area contributed by atoms with Gasteiger partial charge in [0, 0.05) is 56.8 Å². The van der Waals surface area contributed by atoms with Crippen LogP contribution >= 0.6 is 0 Å². The van der Waals surface area contributed by atoms with Gasteiger partial charge >= 0.3 is 0 Å². The lowest BCUT2D eigenvalue weighted by Gasteiger charge is -2.43. The number of aliphatic hydroxyl groups is 1. The number of anilines is 1. The van der Waals surface area contributed by atoms with Gasteiger partial charge in [0.15, 0.2) is 0 Å². The van der Waals surface area contributed by atoms with Crippen molar-refractivity contribution in [2.45, 2.75) is 71.2 Å². The zero-order valence-electron chi connectivity index (χ0n) is 24.9. The summed E-state index contributed by atoms with van der Waals surface area (Å²) in [5, 5.41) is 13.8. The molecule has 8 nitrogen and oxygen atoms in total. The van der Waals surface area contributed by atoms with E-state index < -0.39 is 0 Å². The molecule has 1 aromatic heterocycles. The first-order chi connectivity index (χ1) is 19.0. The highest BCUT2D eigenvalue weighted by atomic mass is 19.1. The zero-order valence-corrected chi connectivity index (χ0v) is 24.9. The Hall–Kier alpha value is -2.43. The molecular weight excluding hydrogens is 509 g/mol. The summed E-state index contributed by atoms with van der Waals surface area (Å²) in [6.07, 6.45) is 0.484. The Bertz CT molecular complexity index is 1150. The van der Waals surface area contributed by atoms with E-state index in [-0.39, 0.29) is 29.8 Å². The number of hydrogen-bond acceptors (Lipinski definition) is 7. The maximum Gasteiger partial charge on any atom is 0.240 e. The van der Waals surface area contributed by atoms with Gasteiger partial charge in [0.2, 0.25) is 5.91 Å². The van der Waals surface area contributed by atoms with E-state index in [1.165, 1.54) is 12.1 Å². The molecule has 0 saturated carbocycles. The molecule has 2 aliphatic heterocycles. The number of ether oxygens (including phenoxy) is 1. The van der Waals surface area contributed by atoms with Crippen molar-refractivity contribution in [2.24, 2.45) is 0 Å². The number of halogens is 1. The van der Waals surface area contributed by atoms with Crippen molar-refractivity contribution >= 4 is 11.6 Å². The summed E-state index contributed by atoms with van der Waals surface area (Å²) in [5.74, 6) is -0.284. The van der Waals surface area contributed by atoms with Crippen LogP contribution in [0.2, 0.25) is 0 Å². The molecule has 1 aromatic carbocycles. The topological polar surface area (TPSA) is 81.2 Å². The number of carbonyl (C=O) groups is 1. The van der Waals surface area contributed by atoms with Crippen LogP contribution in [0.3, 0.4) is 0 Å². The van der Waals surface area contributed by atoms with Crippen molar-refractivity contribution in [1.82, 2.24) is 20.1 Å². The number of nitrogens with zero attached hydrogens (tertiary/aromatic N) is 4. The fourth-order valence-corrected chi connectivity index (χ4v) is 5.62. The van der Waals surface area contributed by atoms with Crippen LogP contribution in [0.5, 0.6) is 0 Å². The highest BCUT2D eigenvalue weighted by molar-refractivity contribution is 5.95.